The SMILES string of the molecule is CN(C)c1c(Cl)cccc1NC(=O)C1CCNCC1.Cl.Cl. The summed E-state index contributed by atoms with van der Waals surface area (Å²) in [6.45, 7) is 1.82. The van der Waals surface area contributed by atoms with Crippen molar-refractivity contribution in [2.24, 2.45) is 5.92 Å². The third-order valence-electron chi connectivity index (χ3n) is 3.40. The fourth-order valence-corrected chi connectivity index (χ4v) is 2.73. The average Bonchev–Trinajstić information content (AvgIpc) is 2.39. The van der Waals surface area contributed by atoms with E-state index in [4.69, 9.17) is 11.6 Å². The van der Waals surface area contributed by atoms with Crippen molar-refractivity contribution in [2.75, 3.05) is 37.4 Å². The molecule has 1 amide bonds. The van der Waals surface area contributed by atoms with Gasteiger partial charge in [-0.1, -0.05) is 17.7 Å². The van der Waals surface area contributed by atoms with Crippen LogP contribution < -0.4 is 15.5 Å². The van der Waals surface area contributed by atoms with Crippen molar-refractivity contribution in [1.82, 2.24) is 5.32 Å². The summed E-state index contributed by atoms with van der Waals surface area (Å²) in [5, 5.41) is 6.92. The summed E-state index contributed by atoms with van der Waals surface area (Å²) in [6.07, 6.45) is 1.79. The summed E-state index contributed by atoms with van der Waals surface area (Å²) in [6, 6.07) is 5.57. The van der Waals surface area contributed by atoms with Crippen molar-refractivity contribution in [3.8, 4) is 0 Å². The number of hydrogen-bond donors (Lipinski definition) is 2. The second-order valence-electron chi connectivity index (χ2n) is 5.04. The van der Waals surface area contributed by atoms with Gasteiger partial charge in [-0.15, -0.1) is 24.8 Å². The maximum Gasteiger partial charge on any atom is 0.227 e. The molecule has 0 unspecified atom stereocenters. The average molecular weight is 355 g/mol. The number of nitrogens with zero attached hydrogens (tertiary/aromatic N) is 1. The lowest BCUT2D eigenvalue weighted by Crippen LogP contribution is -2.34. The molecule has 0 saturated carbocycles. The highest BCUT2D eigenvalue weighted by Gasteiger charge is 2.22. The van der Waals surface area contributed by atoms with E-state index in [1.54, 1.807) is 0 Å². The molecule has 21 heavy (non-hydrogen) atoms. The van der Waals surface area contributed by atoms with E-state index in [0.717, 1.165) is 37.3 Å². The number of nitrogens with one attached hydrogen (secondary N) is 2. The van der Waals surface area contributed by atoms with Gasteiger partial charge in [-0.05, 0) is 38.1 Å². The molecule has 1 aliphatic rings. The first-order chi connectivity index (χ1) is 9.09. The highest BCUT2D eigenvalue weighted by Crippen LogP contribution is 2.33. The molecule has 2 N–H and O–H groups in total. The quantitative estimate of drug-likeness (QED) is 0.876. The van der Waals surface area contributed by atoms with Gasteiger partial charge in [-0.2, -0.15) is 0 Å². The van der Waals surface area contributed by atoms with Gasteiger partial charge in [-0.25, -0.2) is 0 Å². The van der Waals surface area contributed by atoms with Crippen LogP contribution in [0.5, 0.6) is 0 Å². The van der Waals surface area contributed by atoms with Crippen molar-refractivity contribution >= 4 is 53.7 Å². The predicted octanol–water partition coefficient (Wildman–Crippen LogP) is 3.19. The van der Waals surface area contributed by atoms with Crippen molar-refractivity contribution in [2.45, 2.75) is 12.8 Å². The summed E-state index contributed by atoms with van der Waals surface area (Å²) < 4.78 is 0. The number of benzene rings is 1. The van der Waals surface area contributed by atoms with Crippen LogP contribution in [0.4, 0.5) is 11.4 Å². The van der Waals surface area contributed by atoms with Crippen LogP contribution in [0.25, 0.3) is 0 Å². The predicted molar refractivity (Wildman–Crippen MR) is 94.5 cm³/mol. The molecule has 7 heteroatoms. The smallest absolute Gasteiger partial charge is 0.227 e. The first-order valence-electron chi connectivity index (χ1n) is 6.57. The Hall–Kier alpha value is -0.680. The lowest BCUT2D eigenvalue weighted by atomic mass is 9.97. The number of rotatable bonds is 3. The van der Waals surface area contributed by atoms with Gasteiger partial charge in [0.25, 0.3) is 0 Å². The largest absolute Gasteiger partial charge is 0.375 e. The van der Waals surface area contributed by atoms with E-state index >= 15 is 0 Å². The van der Waals surface area contributed by atoms with E-state index in [1.807, 2.05) is 37.2 Å². The Morgan fingerprint density at radius 2 is 1.90 bits per heavy atom. The lowest BCUT2D eigenvalue weighted by Gasteiger charge is -2.24. The Balaban J connectivity index is 0.00000200. The molecule has 1 aromatic rings. The Bertz CT molecular complexity index is 463. The van der Waals surface area contributed by atoms with Gasteiger partial charge in [0.1, 0.15) is 0 Å². The molecule has 0 aliphatic carbocycles. The molecule has 4 nitrogen and oxygen atoms in total. The van der Waals surface area contributed by atoms with Crippen LogP contribution in [0.1, 0.15) is 12.8 Å². The molecular formula is C14H22Cl3N3O. The summed E-state index contributed by atoms with van der Waals surface area (Å²) in [4.78, 5) is 14.2. The molecule has 120 valence electrons. The molecule has 1 heterocycles. The van der Waals surface area contributed by atoms with Crippen molar-refractivity contribution in [3.63, 3.8) is 0 Å². The van der Waals surface area contributed by atoms with Gasteiger partial charge in [0.2, 0.25) is 5.91 Å². The zero-order chi connectivity index (χ0) is 13.8. The monoisotopic (exact) mass is 353 g/mol. The number of carbonyl (C=O) groups is 1. The zero-order valence-corrected chi connectivity index (χ0v) is 14.6. The van der Waals surface area contributed by atoms with Crippen LogP contribution >= 0.6 is 36.4 Å². The number of piperidine rings is 1. The molecule has 1 aromatic carbocycles. The van der Waals surface area contributed by atoms with Crippen molar-refractivity contribution in [1.29, 1.82) is 0 Å². The van der Waals surface area contributed by atoms with E-state index in [0.29, 0.717) is 5.02 Å². The standard InChI is InChI=1S/C14H20ClN3O.2ClH/c1-18(2)13-11(15)4-3-5-12(13)17-14(19)10-6-8-16-9-7-10;;/h3-5,10,16H,6-9H2,1-2H3,(H,17,19);2*1H. The van der Waals surface area contributed by atoms with E-state index in [1.165, 1.54) is 0 Å². The normalized spacial score (nSPS) is 14.6. The van der Waals surface area contributed by atoms with Crippen LogP contribution in [-0.2, 0) is 4.79 Å². The Labute approximate surface area is 143 Å². The van der Waals surface area contributed by atoms with Gasteiger partial charge in [-0.3, -0.25) is 4.79 Å². The molecule has 0 aromatic heterocycles. The second kappa shape index (κ2) is 9.36. The highest BCUT2D eigenvalue weighted by molar-refractivity contribution is 6.34. The van der Waals surface area contributed by atoms with Gasteiger partial charge < -0.3 is 15.5 Å². The number of para-hydroxylation sites is 1. The Kier molecular flexibility index (Phi) is 9.06. The van der Waals surface area contributed by atoms with Crippen LogP contribution in [0, 0.1) is 5.92 Å². The van der Waals surface area contributed by atoms with Crippen LogP contribution in [0.15, 0.2) is 18.2 Å². The summed E-state index contributed by atoms with van der Waals surface area (Å²) >= 11 is 6.19. The zero-order valence-electron chi connectivity index (χ0n) is 12.2. The summed E-state index contributed by atoms with van der Waals surface area (Å²) in [5.74, 6) is 0.183. The van der Waals surface area contributed by atoms with E-state index in [-0.39, 0.29) is 36.6 Å². The number of amides is 1. The molecule has 1 saturated heterocycles. The fraction of sp³-hybridized carbons (Fsp3) is 0.500. The highest BCUT2D eigenvalue weighted by atomic mass is 35.5. The molecule has 1 aliphatic heterocycles. The number of anilines is 2. The van der Waals surface area contributed by atoms with Gasteiger partial charge in [0.05, 0.1) is 16.4 Å². The maximum absolute atomic E-state index is 12.3. The number of hydrogen-bond acceptors (Lipinski definition) is 3. The fourth-order valence-electron chi connectivity index (χ4n) is 2.39. The van der Waals surface area contributed by atoms with Gasteiger partial charge in [0.15, 0.2) is 0 Å². The molecule has 2 rings (SSSR count). The molecule has 0 radical (unpaired) electrons. The maximum atomic E-state index is 12.3. The third-order valence-corrected chi connectivity index (χ3v) is 3.71. The van der Waals surface area contributed by atoms with Crippen LogP contribution in [0.3, 0.4) is 0 Å². The Morgan fingerprint density at radius 1 is 1.29 bits per heavy atom. The van der Waals surface area contributed by atoms with Crippen molar-refractivity contribution < 1.29 is 4.79 Å². The number of carbonyl (C=O) groups excluding carboxylic acids is 1. The van der Waals surface area contributed by atoms with E-state index < -0.39 is 0 Å². The minimum atomic E-state index is 0. The minimum Gasteiger partial charge on any atom is -0.375 e. The summed E-state index contributed by atoms with van der Waals surface area (Å²) in [5.41, 5.74) is 1.63. The van der Waals surface area contributed by atoms with Crippen LogP contribution in [0.2, 0.25) is 5.02 Å². The minimum absolute atomic E-state index is 0. The molecular weight excluding hydrogens is 333 g/mol. The number of halogens is 3. The van der Waals surface area contributed by atoms with E-state index in [9.17, 15) is 4.79 Å². The lowest BCUT2D eigenvalue weighted by molar-refractivity contribution is -0.120. The van der Waals surface area contributed by atoms with Gasteiger partial charge in [0, 0.05) is 20.0 Å². The third kappa shape index (κ3) is 5.22. The van der Waals surface area contributed by atoms with Crippen LogP contribution in [-0.4, -0.2) is 33.1 Å². The summed E-state index contributed by atoms with van der Waals surface area (Å²) in [7, 11) is 3.84. The Morgan fingerprint density at radius 3 is 2.48 bits per heavy atom. The van der Waals surface area contributed by atoms with Crippen molar-refractivity contribution in [3.05, 3.63) is 23.2 Å². The topological polar surface area (TPSA) is 44.4 Å². The second-order valence-corrected chi connectivity index (χ2v) is 5.45. The molecule has 0 atom stereocenters. The molecule has 0 spiro atoms. The first-order valence-corrected chi connectivity index (χ1v) is 6.95. The molecule has 1 fully saturated rings. The van der Waals surface area contributed by atoms with E-state index in [2.05, 4.69) is 10.6 Å². The molecule has 0 bridgehead atoms. The first kappa shape index (κ1) is 20.3. The van der Waals surface area contributed by atoms with Gasteiger partial charge >= 0.3 is 0 Å².